The van der Waals surface area contributed by atoms with Crippen LogP contribution >= 0.6 is 101 Å². The highest BCUT2D eigenvalue weighted by Gasteiger charge is 2.15. The fraction of sp³-hybridized carbons (Fsp3) is 0.111. The summed E-state index contributed by atoms with van der Waals surface area (Å²) in [6.45, 7) is 3.32. The van der Waals surface area contributed by atoms with E-state index in [2.05, 4.69) is 82.4 Å². The zero-order chi connectivity index (χ0) is 53.9. The van der Waals surface area contributed by atoms with Gasteiger partial charge >= 0.3 is 7.12 Å². The number of rotatable bonds is 9. The number of nitrogens with two attached hydrogens (primary N) is 1. The lowest BCUT2D eigenvalue weighted by molar-refractivity contribution is 0.425. The lowest BCUT2D eigenvalue weighted by atomic mass is 9.79. The van der Waals surface area contributed by atoms with E-state index in [0.717, 1.165) is 67.6 Å². The second-order valence-electron chi connectivity index (χ2n) is 14.2. The van der Waals surface area contributed by atoms with E-state index in [9.17, 15) is 26.3 Å². The summed E-state index contributed by atoms with van der Waals surface area (Å²) >= 11 is 39.6. The van der Waals surface area contributed by atoms with Crippen LogP contribution in [0.25, 0.3) is 11.1 Å². The molecule has 3 aromatic carbocycles. The number of hydrogen-bond donors (Lipinski definition) is 5. The molecule has 0 saturated heterocycles. The third kappa shape index (κ3) is 20.0. The van der Waals surface area contributed by atoms with Gasteiger partial charge in [-0.1, -0.05) is 58.0 Å². The van der Waals surface area contributed by atoms with Crippen molar-refractivity contribution in [1.29, 1.82) is 0 Å². The molecule has 0 amide bonds. The van der Waals surface area contributed by atoms with Crippen LogP contribution in [0.2, 0.25) is 30.7 Å². The summed E-state index contributed by atoms with van der Waals surface area (Å²) in [7, 11) is -1.47. The Kier molecular flexibility index (Phi) is 24.7. The van der Waals surface area contributed by atoms with E-state index in [-0.39, 0.29) is 68.6 Å². The summed E-state index contributed by atoms with van der Waals surface area (Å²) in [4.78, 5) is 31.3. The second-order valence-corrected chi connectivity index (χ2v) is 18.5. The van der Waals surface area contributed by atoms with Gasteiger partial charge in [0.1, 0.15) is 45.2 Å². The van der Waals surface area contributed by atoms with E-state index in [1.807, 2.05) is 6.92 Å². The summed E-state index contributed by atoms with van der Waals surface area (Å²) in [5.74, 6) is -3.72. The van der Waals surface area contributed by atoms with Gasteiger partial charge in [0.2, 0.25) is 17.2 Å². The first-order valence-corrected chi connectivity index (χ1v) is 24.0. The maximum Gasteiger partial charge on any atom is 0.490 e. The van der Waals surface area contributed by atoms with Gasteiger partial charge in [0.15, 0.2) is 0 Å². The van der Waals surface area contributed by atoms with Crippen molar-refractivity contribution in [3.63, 3.8) is 0 Å². The number of halogens is 14. The molecule has 0 saturated carbocycles. The van der Waals surface area contributed by atoms with Gasteiger partial charge in [0.05, 0.1) is 8.95 Å². The van der Waals surface area contributed by atoms with Crippen molar-refractivity contribution in [2.45, 2.75) is 33.5 Å². The standard InChI is InChI=1S/C17H12Cl2F2N4.C11H7BrClF2N3.C7H6ClF2N.C6H7BClNO2.C4H2BrClN2/c1-9-2-16(19)22-7-12(9)10-5-23-17(24-6-10)25-8-13-14(20)3-11(18)4-15(13)21;12-6-3-16-11(17-4-6)18-5-8-9(14)1-7(13)2-10(8)15;8-4-1-6(9)5(3-11)7(10)2-4;1-4-2-6(8)9-3-5(4)7(10)11;5-3-1-7-4(6)8-2-3/h2-7H,8H2,1H3,(H,23,24,25);1-4H,5H2,(H,16,17,18);1-2H,3,11H2;2-3,10-11H,1H3;1-2H. The van der Waals surface area contributed by atoms with Crippen LogP contribution in [0.5, 0.6) is 0 Å². The number of benzene rings is 3. The van der Waals surface area contributed by atoms with Crippen molar-refractivity contribution in [2.75, 3.05) is 10.6 Å². The number of aryl methyl sites for hydroxylation is 2. The Hall–Kier alpha value is -4.98. The molecule has 28 heteroatoms. The topological polar surface area (TPSA) is 194 Å². The summed E-state index contributed by atoms with van der Waals surface area (Å²) in [5, 5.41) is 24.1. The second kappa shape index (κ2) is 29.8. The zero-order valence-electron chi connectivity index (χ0n) is 37.3. The van der Waals surface area contributed by atoms with Gasteiger partial charge in [-0.2, -0.15) is 0 Å². The van der Waals surface area contributed by atoms with E-state index < -0.39 is 42.0 Å². The molecular formula is C45H34BBr2Cl6F6N11O2. The van der Waals surface area contributed by atoms with Crippen LogP contribution in [0.4, 0.5) is 38.2 Å². The summed E-state index contributed by atoms with van der Waals surface area (Å²) < 4.78 is 81.4. The molecule has 8 rings (SSSR count). The lowest BCUT2D eigenvalue weighted by Gasteiger charge is -2.09. The van der Waals surface area contributed by atoms with Gasteiger partial charge in [0.25, 0.3) is 0 Å². The first-order valence-electron chi connectivity index (χ1n) is 20.2. The maximum atomic E-state index is 13.8. The Labute approximate surface area is 460 Å². The average Bonchev–Trinajstić information content (AvgIpc) is 3.31. The highest BCUT2D eigenvalue weighted by Crippen LogP contribution is 2.25. The fourth-order valence-electron chi connectivity index (χ4n) is 5.47. The van der Waals surface area contributed by atoms with Gasteiger partial charge in [-0.15, -0.1) is 0 Å². The van der Waals surface area contributed by atoms with Crippen molar-refractivity contribution < 1.29 is 36.4 Å². The molecule has 0 aliphatic carbocycles. The van der Waals surface area contributed by atoms with Crippen LogP contribution in [0, 0.1) is 48.8 Å². The maximum absolute atomic E-state index is 13.8. The van der Waals surface area contributed by atoms with Crippen LogP contribution in [-0.4, -0.2) is 57.0 Å². The van der Waals surface area contributed by atoms with Gasteiger partial charge < -0.3 is 26.4 Å². The monoisotopic (exact) mass is 1250 g/mol. The Bertz CT molecular complexity index is 3010. The third-order valence-corrected chi connectivity index (χ3v) is 11.1. The fourth-order valence-corrected chi connectivity index (χ4v) is 6.98. The van der Waals surface area contributed by atoms with Crippen molar-refractivity contribution in [2.24, 2.45) is 5.73 Å². The molecule has 382 valence electrons. The molecule has 0 radical (unpaired) electrons. The predicted molar refractivity (Wildman–Crippen MR) is 280 cm³/mol. The Balaban J connectivity index is 0.000000211. The molecule has 0 aliphatic rings. The molecule has 13 nitrogen and oxygen atoms in total. The van der Waals surface area contributed by atoms with E-state index in [0.29, 0.717) is 15.8 Å². The van der Waals surface area contributed by atoms with Crippen molar-refractivity contribution >= 4 is 126 Å². The van der Waals surface area contributed by atoms with Crippen molar-refractivity contribution in [1.82, 2.24) is 39.9 Å². The first kappa shape index (κ1) is 60.6. The SMILES string of the molecule is Cc1cc(Cl)ncc1-c1cnc(NCc2c(F)cc(Cl)cc2F)nc1.Cc1cc(Cl)ncc1B(O)O.Clc1ncc(Br)cn1.Fc1cc(Cl)cc(F)c1CNc1ncc(Br)cn1.NCc1c(F)cc(Cl)cc1F. The van der Waals surface area contributed by atoms with Crippen LogP contribution in [0.15, 0.2) is 107 Å². The molecule has 0 bridgehead atoms. The minimum absolute atomic E-state index is 0.00583. The van der Waals surface area contributed by atoms with E-state index >= 15 is 0 Å². The van der Waals surface area contributed by atoms with Crippen LogP contribution < -0.4 is 21.8 Å². The Morgan fingerprint density at radius 3 is 1.21 bits per heavy atom. The molecule has 6 N–H and O–H groups in total. The number of anilines is 2. The number of hydrogen-bond acceptors (Lipinski definition) is 13. The van der Waals surface area contributed by atoms with E-state index in [4.69, 9.17) is 85.4 Å². The molecule has 73 heavy (non-hydrogen) atoms. The van der Waals surface area contributed by atoms with E-state index in [1.54, 1.807) is 50.0 Å². The van der Waals surface area contributed by atoms with Crippen LogP contribution in [-0.2, 0) is 19.6 Å². The summed E-state index contributed by atoms with van der Waals surface area (Å²) in [6.07, 6.45) is 12.4. The number of aromatic nitrogens is 8. The Morgan fingerprint density at radius 1 is 0.493 bits per heavy atom. The van der Waals surface area contributed by atoms with Crippen LogP contribution in [0.1, 0.15) is 27.8 Å². The van der Waals surface area contributed by atoms with Gasteiger partial charge in [-0.3, -0.25) is 0 Å². The highest BCUT2D eigenvalue weighted by atomic mass is 79.9. The Morgan fingerprint density at radius 2 is 0.849 bits per heavy atom. The summed E-state index contributed by atoms with van der Waals surface area (Å²) in [6, 6.07) is 9.63. The van der Waals surface area contributed by atoms with Gasteiger partial charge in [0, 0.05) is 118 Å². The number of nitrogens with one attached hydrogen (secondary N) is 2. The number of pyridine rings is 2. The lowest BCUT2D eigenvalue weighted by Crippen LogP contribution is -2.32. The molecule has 5 heterocycles. The largest absolute Gasteiger partial charge is 0.490 e. The van der Waals surface area contributed by atoms with Crippen molar-refractivity contribution in [3.8, 4) is 11.1 Å². The smallest absolute Gasteiger partial charge is 0.423 e. The van der Waals surface area contributed by atoms with Crippen LogP contribution in [0.3, 0.4) is 0 Å². The average molecular weight is 1260 g/mol. The van der Waals surface area contributed by atoms with Crippen molar-refractivity contribution in [3.05, 3.63) is 200 Å². The van der Waals surface area contributed by atoms with Gasteiger partial charge in [-0.05, 0) is 117 Å². The molecule has 0 aliphatic heterocycles. The zero-order valence-corrected chi connectivity index (χ0v) is 45.0. The van der Waals surface area contributed by atoms with E-state index in [1.165, 1.54) is 18.6 Å². The molecule has 0 unspecified atom stereocenters. The summed E-state index contributed by atoms with van der Waals surface area (Å²) in [5.41, 5.74) is 8.37. The molecule has 0 spiro atoms. The highest BCUT2D eigenvalue weighted by molar-refractivity contribution is 9.10. The minimum Gasteiger partial charge on any atom is -0.423 e. The molecular weight excluding hydrogens is 1220 g/mol. The molecule has 5 aromatic heterocycles. The number of nitrogens with zero attached hydrogens (tertiary/aromatic N) is 8. The third-order valence-electron chi connectivity index (χ3n) is 9.01. The van der Waals surface area contributed by atoms with Gasteiger partial charge in [-0.25, -0.2) is 66.2 Å². The minimum atomic E-state index is -1.47. The molecule has 0 fully saturated rings. The predicted octanol–water partition coefficient (Wildman–Crippen LogP) is 12.5. The quantitative estimate of drug-likeness (QED) is 0.0397. The molecule has 8 aromatic rings. The normalized spacial score (nSPS) is 10.3. The first-order chi connectivity index (χ1) is 34.5. The molecule has 0 atom stereocenters.